The molecule has 25 heavy (non-hydrogen) atoms. The standard InChI is InChI=1S/C17H13ClFN3OS2/c18-14-12-3-1-2-4-13(12)25-15(14)16(23)21-22-17(24)20-9-10-5-7-11(19)8-6-10/h1-8H,9H2,(H,21,23)(H2,20,22,24). The van der Waals surface area contributed by atoms with Gasteiger partial charge in [0, 0.05) is 16.6 Å². The molecular weight excluding hydrogens is 381 g/mol. The summed E-state index contributed by atoms with van der Waals surface area (Å²) < 4.78 is 13.8. The summed E-state index contributed by atoms with van der Waals surface area (Å²) in [4.78, 5) is 12.7. The van der Waals surface area contributed by atoms with E-state index in [2.05, 4.69) is 16.2 Å². The van der Waals surface area contributed by atoms with E-state index < -0.39 is 0 Å². The van der Waals surface area contributed by atoms with Crippen molar-refractivity contribution in [3.63, 3.8) is 0 Å². The van der Waals surface area contributed by atoms with Crippen LogP contribution in [0.2, 0.25) is 5.02 Å². The fraction of sp³-hybridized carbons (Fsp3) is 0.0588. The number of thiophene rings is 1. The molecule has 0 fully saturated rings. The third-order valence-electron chi connectivity index (χ3n) is 3.40. The van der Waals surface area contributed by atoms with Crippen LogP contribution in [0.1, 0.15) is 15.2 Å². The van der Waals surface area contributed by atoms with Crippen LogP contribution in [0.15, 0.2) is 48.5 Å². The first kappa shape index (κ1) is 17.6. The van der Waals surface area contributed by atoms with Gasteiger partial charge in [-0.2, -0.15) is 0 Å². The molecule has 1 amide bonds. The molecule has 0 radical (unpaired) electrons. The zero-order chi connectivity index (χ0) is 17.8. The minimum absolute atomic E-state index is 0.245. The monoisotopic (exact) mass is 393 g/mol. The van der Waals surface area contributed by atoms with Crippen molar-refractivity contribution in [2.24, 2.45) is 0 Å². The van der Waals surface area contributed by atoms with Crippen LogP contribution in [-0.4, -0.2) is 11.0 Å². The van der Waals surface area contributed by atoms with Crippen LogP contribution in [0.5, 0.6) is 0 Å². The number of carbonyl (C=O) groups is 1. The molecule has 0 unspecified atom stereocenters. The van der Waals surface area contributed by atoms with E-state index in [1.807, 2.05) is 24.3 Å². The first-order valence-electron chi connectivity index (χ1n) is 7.30. The van der Waals surface area contributed by atoms with Crippen molar-refractivity contribution < 1.29 is 9.18 Å². The Bertz CT molecular complexity index is 927. The maximum atomic E-state index is 12.9. The van der Waals surface area contributed by atoms with E-state index >= 15 is 0 Å². The highest BCUT2D eigenvalue weighted by atomic mass is 35.5. The van der Waals surface area contributed by atoms with Crippen LogP contribution in [-0.2, 0) is 6.54 Å². The SMILES string of the molecule is O=C(NNC(=S)NCc1ccc(F)cc1)c1sc2ccccc2c1Cl. The van der Waals surface area contributed by atoms with Crippen LogP contribution < -0.4 is 16.2 Å². The van der Waals surface area contributed by atoms with Gasteiger partial charge in [0.15, 0.2) is 5.11 Å². The Morgan fingerprint density at radius 2 is 1.84 bits per heavy atom. The molecule has 0 atom stereocenters. The van der Waals surface area contributed by atoms with Gasteiger partial charge in [0.05, 0.1) is 5.02 Å². The minimum atomic E-state index is -0.364. The molecule has 4 nitrogen and oxygen atoms in total. The number of hydrogen-bond acceptors (Lipinski definition) is 3. The summed E-state index contributed by atoms with van der Waals surface area (Å²) in [5.41, 5.74) is 6.01. The predicted molar refractivity (Wildman–Crippen MR) is 103 cm³/mol. The molecule has 0 saturated carbocycles. The normalized spacial score (nSPS) is 10.5. The van der Waals surface area contributed by atoms with Crippen LogP contribution >= 0.6 is 35.2 Å². The first-order chi connectivity index (χ1) is 12.0. The topological polar surface area (TPSA) is 53.2 Å². The van der Waals surface area contributed by atoms with Crippen molar-refractivity contribution in [1.82, 2.24) is 16.2 Å². The Labute approximate surface area is 158 Å². The summed E-state index contributed by atoms with van der Waals surface area (Å²) in [6.07, 6.45) is 0. The highest BCUT2D eigenvalue weighted by Crippen LogP contribution is 2.34. The fourth-order valence-corrected chi connectivity index (χ4v) is 3.69. The number of fused-ring (bicyclic) bond motifs is 1. The van der Waals surface area contributed by atoms with Gasteiger partial charge >= 0.3 is 0 Å². The van der Waals surface area contributed by atoms with Crippen molar-refractivity contribution in [3.05, 3.63) is 69.8 Å². The molecule has 0 spiro atoms. The molecule has 2 aromatic carbocycles. The zero-order valence-corrected chi connectivity index (χ0v) is 15.2. The van der Waals surface area contributed by atoms with E-state index in [1.54, 1.807) is 12.1 Å². The summed E-state index contributed by atoms with van der Waals surface area (Å²) in [6.45, 7) is 0.408. The molecule has 128 valence electrons. The van der Waals surface area contributed by atoms with Crippen molar-refractivity contribution in [1.29, 1.82) is 0 Å². The summed E-state index contributed by atoms with van der Waals surface area (Å²) in [5.74, 6) is -0.658. The van der Waals surface area contributed by atoms with Gasteiger partial charge in [-0.1, -0.05) is 41.9 Å². The molecule has 3 rings (SSSR count). The predicted octanol–water partition coefficient (Wildman–Crippen LogP) is 4.00. The number of rotatable bonds is 3. The number of hydrazine groups is 1. The molecular formula is C17H13ClFN3OS2. The van der Waals surface area contributed by atoms with Gasteiger partial charge in [0.2, 0.25) is 0 Å². The summed E-state index contributed by atoms with van der Waals surface area (Å²) >= 11 is 12.7. The van der Waals surface area contributed by atoms with Crippen molar-refractivity contribution in [3.8, 4) is 0 Å². The van der Waals surface area contributed by atoms with Gasteiger partial charge in [-0.25, -0.2) is 4.39 Å². The third-order valence-corrected chi connectivity index (χ3v) is 5.32. The molecule has 8 heteroatoms. The Kier molecular flexibility index (Phi) is 5.47. The van der Waals surface area contributed by atoms with E-state index in [0.717, 1.165) is 15.6 Å². The summed E-state index contributed by atoms with van der Waals surface area (Å²) in [5, 5.41) is 4.43. The van der Waals surface area contributed by atoms with Crippen molar-refractivity contribution in [2.75, 3.05) is 0 Å². The number of carbonyl (C=O) groups excluding carboxylic acids is 1. The number of amides is 1. The second-order valence-electron chi connectivity index (χ2n) is 5.13. The van der Waals surface area contributed by atoms with Crippen molar-refractivity contribution >= 4 is 56.3 Å². The molecule has 3 aromatic rings. The van der Waals surface area contributed by atoms with E-state index in [4.69, 9.17) is 23.8 Å². The van der Waals surface area contributed by atoms with Crippen LogP contribution in [0.4, 0.5) is 4.39 Å². The maximum absolute atomic E-state index is 12.9. The number of benzene rings is 2. The van der Waals surface area contributed by atoms with Gasteiger partial charge in [0.1, 0.15) is 10.7 Å². The minimum Gasteiger partial charge on any atom is -0.357 e. The smallest absolute Gasteiger partial charge is 0.281 e. The zero-order valence-electron chi connectivity index (χ0n) is 12.8. The molecule has 1 heterocycles. The Balaban J connectivity index is 1.55. The summed E-state index contributed by atoms with van der Waals surface area (Å²) in [6, 6.07) is 13.6. The third kappa shape index (κ3) is 4.25. The van der Waals surface area contributed by atoms with E-state index in [-0.39, 0.29) is 16.8 Å². The van der Waals surface area contributed by atoms with Gasteiger partial charge in [-0.15, -0.1) is 11.3 Å². The molecule has 1 aromatic heterocycles. The second kappa shape index (κ2) is 7.77. The quantitative estimate of drug-likeness (QED) is 0.465. The average Bonchev–Trinajstić information content (AvgIpc) is 2.96. The van der Waals surface area contributed by atoms with Gasteiger partial charge in [-0.3, -0.25) is 15.6 Å². The lowest BCUT2D eigenvalue weighted by molar-refractivity contribution is 0.0948. The van der Waals surface area contributed by atoms with Crippen molar-refractivity contribution in [2.45, 2.75) is 6.54 Å². The molecule has 0 bridgehead atoms. The number of nitrogens with one attached hydrogen (secondary N) is 3. The number of hydrogen-bond donors (Lipinski definition) is 3. The lowest BCUT2D eigenvalue weighted by Gasteiger charge is -2.11. The summed E-state index contributed by atoms with van der Waals surface area (Å²) in [7, 11) is 0. The van der Waals surface area contributed by atoms with Gasteiger partial charge < -0.3 is 5.32 Å². The molecule has 0 aliphatic carbocycles. The van der Waals surface area contributed by atoms with E-state index in [1.165, 1.54) is 23.5 Å². The largest absolute Gasteiger partial charge is 0.357 e. The fourth-order valence-electron chi connectivity index (χ4n) is 2.16. The first-order valence-corrected chi connectivity index (χ1v) is 8.90. The highest BCUT2D eigenvalue weighted by molar-refractivity contribution is 7.80. The number of thiocarbonyl (C=S) groups is 1. The Hall–Kier alpha value is -2.22. The maximum Gasteiger partial charge on any atom is 0.281 e. The highest BCUT2D eigenvalue weighted by Gasteiger charge is 2.16. The number of halogens is 2. The lowest BCUT2D eigenvalue weighted by Crippen LogP contribution is -2.46. The Morgan fingerprint density at radius 3 is 2.56 bits per heavy atom. The Morgan fingerprint density at radius 1 is 1.12 bits per heavy atom. The van der Waals surface area contributed by atoms with Crippen LogP contribution in [0.25, 0.3) is 10.1 Å². The van der Waals surface area contributed by atoms with Gasteiger partial charge in [-0.05, 0) is 36.0 Å². The van der Waals surface area contributed by atoms with Crippen LogP contribution in [0.3, 0.4) is 0 Å². The second-order valence-corrected chi connectivity index (χ2v) is 6.97. The van der Waals surface area contributed by atoms with E-state index in [0.29, 0.717) is 16.4 Å². The molecule has 3 N–H and O–H groups in total. The molecule has 0 aliphatic rings. The molecule has 0 aliphatic heterocycles. The van der Waals surface area contributed by atoms with Crippen LogP contribution in [0, 0.1) is 5.82 Å². The lowest BCUT2D eigenvalue weighted by atomic mass is 10.2. The molecule has 0 saturated heterocycles. The van der Waals surface area contributed by atoms with E-state index in [9.17, 15) is 9.18 Å². The van der Waals surface area contributed by atoms with Gasteiger partial charge in [0.25, 0.3) is 5.91 Å². The average molecular weight is 394 g/mol.